The zero-order valence-electron chi connectivity index (χ0n) is 13.9. The van der Waals surface area contributed by atoms with E-state index >= 15 is 0 Å². The molecule has 0 heterocycles. The van der Waals surface area contributed by atoms with Gasteiger partial charge in [0, 0.05) is 6.04 Å². The van der Waals surface area contributed by atoms with Gasteiger partial charge < -0.3 is 5.32 Å². The van der Waals surface area contributed by atoms with E-state index in [1.807, 2.05) is 0 Å². The van der Waals surface area contributed by atoms with E-state index in [1.165, 1.54) is 54.5 Å². The van der Waals surface area contributed by atoms with Gasteiger partial charge >= 0.3 is 0 Å². The molecule has 1 aromatic carbocycles. The Balaban J connectivity index is 1.93. The first-order valence-corrected chi connectivity index (χ1v) is 8.28. The smallest absolute Gasteiger partial charge is 0.0297 e. The summed E-state index contributed by atoms with van der Waals surface area (Å²) in [6.45, 7) is 12.6. The first-order chi connectivity index (χ1) is 9.47. The van der Waals surface area contributed by atoms with E-state index in [4.69, 9.17) is 0 Å². The summed E-state index contributed by atoms with van der Waals surface area (Å²) in [6.07, 6.45) is 5.66. The Morgan fingerprint density at radius 2 is 1.60 bits per heavy atom. The zero-order chi connectivity index (χ0) is 14.7. The van der Waals surface area contributed by atoms with Crippen molar-refractivity contribution >= 4 is 0 Å². The second-order valence-electron chi connectivity index (χ2n) is 7.07. The molecule has 112 valence electrons. The number of aryl methyl sites for hydroxylation is 3. The van der Waals surface area contributed by atoms with Gasteiger partial charge in [0.15, 0.2) is 0 Å². The molecule has 1 atom stereocenters. The van der Waals surface area contributed by atoms with Crippen LogP contribution in [0.5, 0.6) is 0 Å². The fourth-order valence-electron chi connectivity index (χ4n) is 3.85. The lowest BCUT2D eigenvalue weighted by Crippen LogP contribution is -2.29. The maximum atomic E-state index is 3.78. The maximum absolute atomic E-state index is 3.78. The minimum atomic E-state index is 0.468. The zero-order valence-corrected chi connectivity index (χ0v) is 13.9. The molecule has 0 saturated heterocycles. The molecular formula is C19H31N. The molecule has 1 nitrogen and oxygen atoms in total. The molecule has 0 bridgehead atoms. The Morgan fingerprint density at radius 3 is 2.15 bits per heavy atom. The van der Waals surface area contributed by atoms with Crippen molar-refractivity contribution in [2.24, 2.45) is 11.8 Å². The van der Waals surface area contributed by atoms with Gasteiger partial charge in [0.1, 0.15) is 0 Å². The Morgan fingerprint density at radius 1 is 1.05 bits per heavy atom. The van der Waals surface area contributed by atoms with Crippen molar-refractivity contribution in [2.75, 3.05) is 6.54 Å². The van der Waals surface area contributed by atoms with Crippen LogP contribution >= 0.6 is 0 Å². The van der Waals surface area contributed by atoms with Gasteiger partial charge in [-0.2, -0.15) is 0 Å². The van der Waals surface area contributed by atoms with Crippen molar-refractivity contribution in [2.45, 2.75) is 66.3 Å². The lowest BCUT2D eigenvalue weighted by Gasteiger charge is -2.28. The molecule has 1 unspecified atom stereocenters. The molecule has 1 fully saturated rings. The maximum Gasteiger partial charge on any atom is 0.0297 e. The van der Waals surface area contributed by atoms with Gasteiger partial charge in [-0.15, -0.1) is 0 Å². The molecule has 20 heavy (non-hydrogen) atoms. The minimum absolute atomic E-state index is 0.468. The fraction of sp³-hybridized carbons (Fsp3) is 0.684. The van der Waals surface area contributed by atoms with Gasteiger partial charge in [0.2, 0.25) is 0 Å². The Labute approximate surface area is 125 Å². The monoisotopic (exact) mass is 273 g/mol. The van der Waals surface area contributed by atoms with Crippen LogP contribution in [0.15, 0.2) is 12.1 Å². The number of benzene rings is 1. The lowest BCUT2D eigenvalue weighted by molar-refractivity contribution is 0.276. The van der Waals surface area contributed by atoms with E-state index in [1.54, 1.807) is 0 Å². The van der Waals surface area contributed by atoms with Crippen molar-refractivity contribution in [3.63, 3.8) is 0 Å². The summed E-state index contributed by atoms with van der Waals surface area (Å²) in [7, 11) is 0. The van der Waals surface area contributed by atoms with Gasteiger partial charge in [0.05, 0.1) is 0 Å². The topological polar surface area (TPSA) is 12.0 Å². The van der Waals surface area contributed by atoms with Crippen LogP contribution in [0, 0.1) is 32.6 Å². The summed E-state index contributed by atoms with van der Waals surface area (Å²) < 4.78 is 0. The van der Waals surface area contributed by atoms with Gasteiger partial charge in [-0.3, -0.25) is 0 Å². The number of hydrogen-bond acceptors (Lipinski definition) is 1. The molecule has 1 aromatic rings. The van der Waals surface area contributed by atoms with Gasteiger partial charge in [-0.1, -0.05) is 37.5 Å². The van der Waals surface area contributed by atoms with Gasteiger partial charge in [0.25, 0.3) is 0 Å². The highest BCUT2D eigenvalue weighted by Crippen LogP contribution is 2.29. The number of rotatable bonds is 4. The third-order valence-corrected chi connectivity index (χ3v) is 5.02. The average Bonchev–Trinajstić information content (AvgIpc) is 2.37. The molecular weight excluding hydrogens is 242 g/mol. The Hall–Kier alpha value is -0.820. The van der Waals surface area contributed by atoms with Crippen LogP contribution in [0.2, 0.25) is 0 Å². The minimum Gasteiger partial charge on any atom is -0.310 e. The summed E-state index contributed by atoms with van der Waals surface area (Å²) in [5, 5.41) is 3.78. The van der Waals surface area contributed by atoms with E-state index in [2.05, 4.69) is 52.1 Å². The van der Waals surface area contributed by atoms with E-state index in [0.29, 0.717) is 6.04 Å². The van der Waals surface area contributed by atoms with Crippen LogP contribution in [-0.2, 0) is 0 Å². The summed E-state index contributed by atoms with van der Waals surface area (Å²) in [4.78, 5) is 0. The van der Waals surface area contributed by atoms with Gasteiger partial charge in [-0.25, -0.2) is 0 Å². The third-order valence-electron chi connectivity index (χ3n) is 5.02. The number of hydrogen-bond donors (Lipinski definition) is 1. The predicted octanol–water partition coefficient (Wildman–Crippen LogP) is 5.09. The van der Waals surface area contributed by atoms with Crippen LogP contribution in [0.25, 0.3) is 0 Å². The molecule has 0 aromatic heterocycles. The summed E-state index contributed by atoms with van der Waals surface area (Å²) in [5.41, 5.74) is 5.73. The molecule has 0 radical (unpaired) electrons. The highest BCUT2D eigenvalue weighted by molar-refractivity contribution is 5.39. The summed E-state index contributed by atoms with van der Waals surface area (Å²) >= 11 is 0. The summed E-state index contributed by atoms with van der Waals surface area (Å²) in [5.74, 6) is 1.84. The SMILES string of the molecule is Cc1cc(C)c(C(C)NCC2CCC(C)CC2)c(C)c1. The molecule has 1 saturated carbocycles. The van der Waals surface area contributed by atoms with Crippen molar-refractivity contribution in [3.8, 4) is 0 Å². The van der Waals surface area contributed by atoms with Crippen LogP contribution in [0.3, 0.4) is 0 Å². The van der Waals surface area contributed by atoms with E-state index in [-0.39, 0.29) is 0 Å². The number of nitrogens with one attached hydrogen (secondary N) is 1. The van der Waals surface area contributed by atoms with Gasteiger partial charge in [-0.05, 0) is 75.6 Å². The predicted molar refractivity (Wildman–Crippen MR) is 88.2 cm³/mol. The fourth-order valence-corrected chi connectivity index (χ4v) is 3.85. The first kappa shape index (κ1) is 15.6. The van der Waals surface area contributed by atoms with E-state index in [9.17, 15) is 0 Å². The van der Waals surface area contributed by atoms with E-state index < -0.39 is 0 Å². The Bertz CT molecular complexity index is 418. The molecule has 1 heteroatoms. The highest BCUT2D eigenvalue weighted by Gasteiger charge is 2.19. The quantitative estimate of drug-likeness (QED) is 0.806. The average molecular weight is 273 g/mol. The normalized spacial score (nSPS) is 24.6. The standard InChI is InChI=1S/C19H31N/c1-13-6-8-18(9-7-13)12-20-17(5)19-15(3)10-14(2)11-16(19)4/h10-11,13,17-18,20H,6-9,12H2,1-5H3. The first-order valence-electron chi connectivity index (χ1n) is 8.28. The van der Waals surface area contributed by atoms with Crippen LogP contribution in [0.4, 0.5) is 0 Å². The molecule has 0 aliphatic heterocycles. The molecule has 1 aliphatic rings. The molecule has 0 amide bonds. The Kier molecular flexibility index (Phi) is 5.26. The van der Waals surface area contributed by atoms with Crippen molar-refractivity contribution in [1.29, 1.82) is 0 Å². The molecule has 1 N–H and O–H groups in total. The van der Waals surface area contributed by atoms with Crippen molar-refractivity contribution in [1.82, 2.24) is 5.32 Å². The molecule has 0 spiro atoms. The van der Waals surface area contributed by atoms with Crippen molar-refractivity contribution < 1.29 is 0 Å². The highest BCUT2D eigenvalue weighted by atomic mass is 14.9. The largest absolute Gasteiger partial charge is 0.310 e. The van der Waals surface area contributed by atoms with Crippen LogP contribution in [-0.4, -0.2) is 6.54 Å². The van der Waals surface area contributed by atoms with Crippen LogP contribution in [0.1, 0.15) is 67.8 Å². The second kappa shape index (κ2) is 6.76. The molecule has 1 aliphatic carbocycles. The van der Waals surface area contributed by atoms with Crippen molar-refractivity contribution in [3.05, 3.63) is 34.4 Å². The summed E-state index contributed by atoms with van der Waals surface area (Å²) in [6, 6.07) is 5.08. The lowest BCUT2D eigenvalue weighted by atomic mass is 9.83. The third kappa shape index (κ3) is 3.85. The second-order valence-corrected chi connectivity index (χ2v) is 7.07. The van der Waals surface area contributed by atoms with E-state index in [0.717, 1.165) is 11.8 Å². The van der Waals surface area contributed by atoms with Crippen LogP contribution < -0.4 is 5.32 Å². The molecule has 2 rings (SSSR count).